The Morgan fingerprint density at radius 1 is 0.800 bits per heavy atom. The lowest BCUT2D eigenvalue weighted by atomic mass is 9.44. The van der Waals surface area contributed by atoms with E-state index in [0.717, 1.165) is 29.9 Å². The lowest BCUT2D eigenvalue weighted by molar-refractivity contribution is -0.940. The number of hydrogen-bond acceptors (Lipinski definition) is 5. The van der Waals surface area contributed by atoms with Crippen molar-refractivity contribution in [3.8, 4) is 0 Å². The number of fused-ring (bicyclic) bond motifs is 5. The van der Waals surface area contributed by atoms with E-state index in [9.17, 15) is 9.59 Å². The van der Waals surface area contributed by atoms with Gasteiger partial charge in [-0.2, -0.15) is 0 Å². The molecule has 6 heteroatoms. The number of likely N-dealkylation sites (N-methyl/N-ethyl adjacent to an activating group) is 1. The summed E-state index contributed by atoms with van der Waals surface area (Å²) in [5.41, 5.74) is 0.377. The third kappa shape index (κ3) is 4.85. The van der Waals surface area contributed by atoms with Crippen molar-refractivity contribution in [1.82, 2.24) is 4.90 Å². The summed E-state index contributed by atoms with van der Waals surface area (Å²) in [6.45, 7) is 13.1. The van der Waals surface area contributed by atoms with Gasteiger partial charge in [-0.05, 0) is 113 Å². The van der Waals surface area contributed by atoms with Gasteiger partial charge in [0.15, 0.2) is 6.10 Å². The molecule has 2 heterocycles. The first kappa shape index (κ1) is 29.0. The maximum Gasteiger partial charge on any atom is 0.303 e. The first-order valence-electron chi connectivity index (χ1n) is 17.0. The monoisotopic (exact) mass is 557 g/mol. The number of esters is 2. The van der Waals surface area contributed by atoms with Crippen molar-refractivity contribution in [1.29, 1.82) is 0 Å². The number of ether oxygens (including phenoxy) is 2. The summed E-state index contributed by atoms with van der Waals surface area (Å²) < 4.78 is 13.5. The molecular formula is C34H57N2O4+. The van der Waals surface area contributed by atoms with Gasteiger partial charge in [-0.1, -0.05) is 20.3 Å². The van der Waals surface area contributed by atoms with Gasteiger partial charge >= 0.3 is 11.9 Å². The SMILES string of the molecule is CC(=O)O[C@@H]1C[C@@H]2CC[C@@H]3[C@H](CC[C@@]4(C)[C@H]3C[C@H]([N+]3(C)CCCCC3)[C@@H]4OC(C)=O)[C@@]2(C)C[C@@H]1N1CCCCC1. The van der Waals surface area contributed by atoms with Crippen molar-refractivity contribution < 1.29 is 23.5 Å². The number of carbonyl (C=O) groups is 2. The molecule has 10 atom stereocenters. The summed E-state index contributed by atoms with van der Waals surface area (Å²) in [7, 11) is 2.47. The molecule has 4 aliphatic carbocycles. The summed E-state index contributed by atoms with van der Waals surface area (Å²) in [4.78, 5) is 27.4. The van der Waals surface area contributed by atoms with Gasteiger partial charge in [-0.15, -0.1) is 0 Å². The maximum absolute atomic E-state index is 12.5. The van der Waals surface area contributed by atoms with Crippen LogP contribution in [0.3, 0.4) is 0 Å². The van der Waals surface area contributed by atoms with Gasteiger partial charge in [0.05, 0.1) is 20.1 Å². The molecule has 0 spiro atoms. The number of quaternary nitrogens is 1. The molecule has 0 unspecified atom stereocenters. The topological polar surface area (TPSA) is 55.8 Å². The van der Waals surface area contributed by atoms with Crippen molar-refractivity contribution in [3.05, 3.63) is 0 Å². The van der Waals surface area contributed by atoms with Crippen LogP contribution in [0, 0.1) is 34.5 Å². The smallest absolute Gasteiger partial charge is 0.303 e. The van der Waals surface area contributed by atoms with Gasteiger partial charge in [-0.3, -0.25) is 14.5 Å². The van der Waals surface area contributed by atoms with Gasteiger partial charge < -0.3 is 14.0 Å². The van der Waals surface area contributed by atoms with Gasteiger partial charge in [0, 0.05) is 31.7 Å². The quantitative estimate of drug-likeness (QED) is 0.315. The van der Waals surface area contributed by atoms with E-state index in [-0.39, 0.29) is 29.6 Å². The van der Waals surface area contributed by atoms with Crippen LogP contribution in [0.1, 0.15) is 111 Å². The molecule has 6 aliphatic rings. The molecule has 6 fully saturated rings. The molecule has 0 aromatic heterocycles. The zero-order valence-corrected chi connectivity index (χ0v) is 26.2. The fourth-order valence-corrected chi connectivity index (χ4v) is 11.7. The predicted molar refractivity (Wildman–Crippen MR) is 156 cm³/mol. The summed E-state index contributed by atoms with van der Waals surface area (Å²) in [6, 6.07) is 0.796. The van der Waals surface area contributed by atoms with Crippen molar-refractivity contribution in [3.63, 3.8) is 0 Å². The van der Waals surface area contributed by atoms with Crippen LogP contribution in [0.15, 0.2) is 0 Å². The Morgan fingerprint density at radius 3 is 2.15 bits per heavy atom. The first-order chi connectivity index (χ1) is 19.0. The van der Waals surface area contributed by atoms with Crippen LogP contribution in [-0.4, -0.2) is 78.8 Å². The van der Waals surface area contributed by atoms with Crippen LogP contribution < -0.4 is 0 Å². The Balaban J connectivity index is 1.29. The molecule has 0 radical (unpaired) electrons. The zero-order chi connectivity index (χ0) is 28.3. The second-order valence-electron chi connectivity index (χ2n) is 15.8. The van der Waals surface area contributed by atoms with E-state index in [1.165, 1.54) is 90.1 Å². The summed E-state index contributed by atoms with van der Waals surface area (Å²) >= 11 is 0. The largest absolute Gasteiger partial charge is 0.461 e. The average Bonchev–Trinajstić information content (AvgIpc) is 3.21. The fourth-order valence-electron chi connectivity index (χ4n) is 11.7. The second kappa shape index (κ2) is 10.8. The van der Waals surface area contributed by atoms with Gasteiger partial charge in [0.2, 0.25) is 0 Å². The first-order valence-corrected chi connectivity index (χ1v) is 17.0. The van der Waals surface area contributed by atoms with Crippen LogP contribution in [0.4, 0.5) is 0 Å². The highest BCUT2D eigenvalue weighted by molar-refractivity contribution is 5.66. The molecule has 6 rings (SSSR count). The van der Waals surface area contributed by atoms with E-state index in [2.05, 4.69) is 25.8 Å². The maximum atomic E-state index is 12.5. The molecule has 226 valence electrons. The van der Waals surface area contributed by atoms with E-state index in [1.807, 2.05) is 0 Å². The third-order valence-corrected chi connectivity index (χ3v) is 13.7. The number of likely N-dealkylation sites (tertiary alicyclic amines) is 2. The molecular weight excluding hydrogens is 500 g/mol. The molecule has 0 bridgehead atoms. The zero-order valence-electron chi connectivity index (χ0n) is 26.2. The Morgan fingerprint density at radius 2 is 1.48 bits per heavy atom. The van der Waals surface area contributed by atoms with Crippen LogP contribution in [0.2, 0.25) is 0 Å². The minimum absolute atomic E-state index is 0.0466. The third-order valence-electron chi connectivity index (χ3n) is 13.7. The minimum Gasteiger partial charge on any atom is -0.461 e. The normalized spacial score (nSPS) is 46.9. The number of piperidine rings is 2. The van der Waals surface area contributed by atoms with Crippen LogP contribution in [0.5, 0.6) is 0 Å². The van der Waals surface area contributed by atoms with Gasteiger partial charge in [0.25, 0.3) is 0 Å². The van der Waals surface area contributed by atoms with Crippen molar-refractivity contribution in [2.45, 2.75) is 135 Å². The van der Waals surface area contributed by atoms with Crippen LogP contribution >= 0.6 is 0 Å². The number of nitrogens with zero attached hydrogens (tertiary/aromatic N) is 2. The van der Waals surface area contributed by atoms with Crippen LogP contribution in [0.25, 0.3) is 0 Å². The Bertz CT molecular complexity index is 958. The summed E-state index contributed by atoms with van der Waals surface area (Å²) in [5, 5.41) is 0. The number of hydrogen-bond donors (Lipinski definition) is 0. The molecule has 40 heavy (non-hydrogen) atoms. The number of rotatable bonds is 4. The van der Waals surface area contributed by atoms with Gasteiger partial charge in [-0.25, -0.2) is 0 Å². The standard InChI is InChI=1S/C34H57N2O4/c1-23(37)39-31-20-25-12-13-26-27(34(25,4)22-29(31)35-16-8-6-9-17-35)14-15-33(3)28(26)21-30(32(33)40-24(2)38)36(5)18-10-7-11-19-36/h25-32H,6-22H2,1-5H3/q+1/t25-,26+,27-,28-,29-,30-,31+,32-,33-,34-/m0/s1. The highest BCUT2D eigenvalue weighted by Crippen LogP contribution is 2.67. The fraction of sp³-hybridized carbons (Fsp3) is 0.941. The van der Waals surface area contributed by atoms with E-state index >= 15 is 0 Å². The van der Waals surface area contributed by atoms with E-state index in [0.29, 0.717) is 35.3 Å². The Hall–Kier alpha value is -1.14. The highest BCUT2D eigenvalue weighted by atomic mass is 16.5. The molecule has 0 amide bonds. The van der Waals surface area contributed by atoms with E-state index in [1.54, 1.807) is 13.8 Å². The van der Waals surface area contributed by atoms with E-state index in [4.69, 9.17) is 9.47 Å². The molecule has 0 aromatic rings. The molecule has 2 saturated heterocycles. The molecule has 0 N–H and O–H groups in total. The highest BCUT2D eigenvalue weighted by Gasteiger charge is 2.67. The van der Waals surface area contributed by atoms with Crippen molar-refractivity contribution >= 4 is 11.9 Å². The Kier molecular flexibility index (Phi) is 7.85. The summed E-state index contributed by atoms with van der Waals surface area (Å²) in [5.74, 6) is 2.50. The molecule has 2 aliphatic heterocycles. The van der Waals surface area contributed by atoms with Crippen LogP contribution in [-0.2, 0) is 19.1 Å². The molecule has 4 saturated carbocycles. The lowest BCUT2D eigenvalue weighted by Gasteiger charge is -2.62. The molecule has 0 aromatic carbocycles. The molecule has 6 nitrogen and oxygen atoms in total. The summed E-state index contributed by atoms with van der Waals surface area (Å²) in [6.07, 6.45) is 16.3. The van der Waals surface area contributed by atoms with Gasteiger partial charge in [0.1, 0.15) is 12.1 Å². The second-order valence-corrected chi connectivity index (χ2v) is 15.8. The average molecular weight is 558 g/mol. The van der Waals surface area contributed by atoms with E-state index < -0.39 is 0 Å². The lowest BCUT2D eigenvalue weighted by Crippen LogP contribution is -2.61. The predicted octanol–water partition coefficient (Wildman–Crippen LogP) is 5.97. The minimum atomic E-state index is -0.111. The van der Waals surface area contributed by atoms with Crippen molar-refractivity contribution in [2.75, 3.05) is 33.2 Å². The Labute approximate surface area is 243 Å². The van der Waals surface area contributed by atoms with Crippen molar-refractivity contribution in [2.24, 2.45) is 34.5 Å². The number of carbonyl (C=O) groups excluding carboxylic acids is 2.